The quantitative estimate of drug-likeness (QED) is 0.760. The fourth-order valence-electron chi connectivity index (χ4n) is 1.83. The van der Waals surface area contributed by atoms with Crippen LogP contribution in [0.3, 0.4) is 0 Å². The van der Waals surface area contributed by atoms with Gasteiger partial charge in [-0.25, -0.2) is 4.39 Å². The number of benzene rings is 1. The summed E-state index contributed by atoms with van der Waals surface area (Å²) in [5.74, 6) is -0.368. The summed E-state index contributed by atoms with van der Waals surface area (Å²) >= 11 is 7.26. The SMILES string of the molecule is Nc1onc(-c2cccc(Cl)c2F)c1-c1cccs1. The molecule has 96 valence electrons. The van der Waals surface area contributed by atoms with Gasteiger partial charge in [-0.15, -0.1) is 11.3 Å². The zero-order valence-corrected chi connectivity index (χ0v) is 11.1. The summed E-state index contributed by atoms with van der Waals surface area (Å²) in [6.07, 6.45) is 0. The van der Waals surface area contributed by atoms with E-state index < -0.39 is 5.82 Å². The van der Waals surface area contributed by atoms with Crippen LogP contribution in [0.5, 0.6) is 0 Å². The van der Waals surface area contributed by atoms with Gasteiger partial charge in [0, 0.05) is 10.4 Å². The third kappa shape index (κ3) is 2.01. The van der Waals surface area contributed by atoms with Crippen molar-refractivity contribution in [3.63, 3.8) is 0 Å². The molecule has 0 unspecified atom stereocenters. The van der Waals surface area contributed by atoms with Crippen LogP contribution in [0.1, 0.15) is 0 Å². The van der Waals surface area contributed by atoms with E-state index in [2.05, 4.69) is 5.16 Å². The number of halogens is 2. The minimum Gasteiger partial charge on any atom is -0.367 e. The van der Waals surface area contributed by atoms with E-state index in [1.54, 1.807) is 12.1 Å². The Kier molecular flexibility index (Phi) is 3.00. The second-order valence-electron chi connectivity index (χ2n) is 3.85. The average molecular weight is 295 g/mol. The number of hydrogen-bond acceptors (Lipinski definition) is 4. The molecular formula is C13H8ClFN2OS. The van der Waals surface area contributed by atoms with Crippen molar-refractivity contribution in [2.75, 3.05) is 5.73 Å². The molecule has 0 aliphatic rings. The lowest BCUT2D eigenvalue weighted by Gasteiger charge is -2.03. The first kappa shape index (κ1) is 12.2. The number of nitrogens with two attached hydrogens (primary N) is 1. The highest BCUT2D eigenvalue weighted by atomic mass is 35.5. The molecule has 0 radical (unpaired) electrons. The largest absolute Gasteiger partial charge is 0.367 e. The molecule has 0 bridgehead atoms. The van der Waals surface area contributed by atoms with Crippen LogP contribution in [0, 0.1) is 5.82 Å². The third-order valence-corrected chi connectivity index (χ3v) is 3.87. The molecule has 3 aromatic rings. The van der Waals surface area contributed by atoms with Gasteiger partial charge >= 0.3 is 0 Å². The fraction of sp³-hybridized carbons (Fsp3) is 0. The van der Waals surface area contributed by atoms with Crippen molar-refractivity contribution < 1.29 is 8.91 Å². The fourth-order valence-corrected chi connectivity index (χ4v) is 2.78. The lowest BCUT2D eigenvalue weighted by atomic mass is 10.1. The first-order valence-corrected chi connectivity index (χ1v) is 6.67. The Morgan fingerprint density at radius 3 is 2.84 bits per heavy atom. The molecule has 1 aromatic carbocycles. The van der Waals surface area contributed by atoms with Crippen LogP contribution in [0.4, 0.5) is 10.3 Å². The summed E-state index contributed by atoms with van der Waals surface area (Å²) in [7, 11) is 0. The van der Waals surface area contributed by atoms with E-state index >= 15 is 0 Å². The average Bonchev–Trinajstić information content (AvgIpc) is 3.02. The Morgan fingerprint density at radius 2 is 2.11 bits per heavy atom. The van der Waals surface area contributed by atoms with Crippen molar-refractivity contribution in [1.82, 2.24) is 5.16 Å². The maximum Gasteiger partial charge on any atom is 0.231 e. The normalized spacial score (nSPS) is 10.8. The number of nitrogens with zero attached hydrogens (tertiary/aromatic N) is 1. The monoisotopic (exact) mass is 294 g/mol. The summed E-state index contributed by atoms with van der Waals surface area (Å²) < 4.78 is 19.1. The van der Waals surface area contributed by atoms with Gasteiger partial charge in [0.1, 0.15) is 5.69 Å². The van der Waals surface area contributed by atoms with E-state index in [1.165, 1.54) is 17.4 Å². The van der Waals surface area contributed by atoms with Gasteiger partial charge in [0.25, 0.3) is 0 Å². The molecule has 0 amide bonds. The number of thiophene rings is 1. The molecule has 0 aliphatic heterocycles. The molecule has 3 nitrogen and oxygen atoms in total. The number of anilines is 1. The standard InChI is InChI=1S/C13H8ClFN2OS/c14-8-4-1-3-7(11(8)15)12-10(13(16)18-17-12)9-5-2-6-19-9/h1-6H,16H2. The number of nitrogen functional groups attached to an aromatic ring is 1. The van der Waals surface area contributed by atoms with Gasteiger partial charge in [-0.1, -0.05) is 28.9 Å². The van der Waals surface area contributed by atoms with Crippen LogP contribution in [0.25, 0.3) is 21.7 Å². The molecule has 0 saturated heterocycles. The Bertz CT molecular complexity index is 724. The van der Waals surface area contributed by atoms with E-state index in [-0.39, 0.29) is 16.5 Å². The number of hydrogen-bond donors (Lipinski definition) is 1. The van der Waals surface area contributed by atoms with E-state index in [0.29, 0.717) is 11.3 Å². The molecular weight excluding hydrogens is 287 g/mol. The smallest absolute Gasteiger partial charge is 0.231 e. The molecule has 19 heavy (non-hydrogen) atoms. The second kappa shape index (κ2) is 4.68. The summed E-state index contributed by atoms with van der Waals surface area (Å²) in [6.45, 7) is 0. The van der Waals surface area contributed by atoms with Crippen molar-refractivity contribution in [2.45, 2.75) is 0 Å². The van der Waals surface area contributed by atoms with Gasteiger partial charge < -0.3 is 10.3 Å². The van der Waals surface area contributed by atoms with Crippen LogP contribution < -0.4 is 5.73 Å². The highest BCUT2D eigenvalue weighted by molar-refractivity contribution is 7.13. The topological polar surface area (TPSA) is 52.0 Å². The maximum atomic E-state index is 14.1. The van der Waals surface area contributed by atoms with Gasteiger partial charge in [-0.2, -0.15) is 0 Å². The van der Waals surface area contributed by atoms with Crippen LogP contribution in [-0.4, -0.2) is 5.16 Å². The van der Waals surface area contributed by atoms with Gasteiger partial charge in [0.2, 0.25) is 5.88 Å². The highest BCUT2D eigenvalue weighted by Gasteiger charge is 2.21. The molecule has 0 saturated carbocycles. The number of aromatic nitrogens is 1. The Balaban J connectivity index is 2.25. The molecule has 0 fully saturated rings. The van der Waals surface area contributed by atoms with Crippen LogP contribution in [-0.2, 0) is 0 Å². The molecule has 6 heteroatoms. The molecule has 3 rings (SSSR count). The molecule has 0 atom stereocenters. The van der Waals surface area contributed by atoms with Crippen LogP contribution in [0.15, 0.2) is 40.2 Å². The van der Waals surface area contributed by atoms with Crippen molar-refractivity contribution in [1.29, 1.82) is 0 Å². The van der Waals surface area contributed by atoms with Crippen molar-refractivity contribution in [3.8, 4) is 21.7 Å². The van der Waals surface area contributed by atoms with Gasteiger partial charge in [-0.05, 0) is 23.6 Å². The minimum atomic E-state index is -0.532. The van der Waals surface area contributed by atoms with Crippen LogP contribution in [0.2, 0.25) is 5.02 Å². The Labute approximate surface area is 117 Å². The van der Waals surface area contributed by atoms with E-state index in [9.17, 15) is 4.39 Å². The Morgan fingerprint density at radius 1 is 1.26 bits per heavy atom. The lowest BCUT2D eigenvalue weighted by molar-refractivity contribution is 0.439. The summed E-state index contributed by atoms with van der Waals surface area (Å²) in [4.78, 5) is 0.869. The molecule has 2 aromatic heterocycles. The predicted molar refractivity (Wildman–Crippen MR) is 74.6 cm³/mol. The summed E-state index contributed by atoms with van der Waals surface area (Å²) in [5, 5.41) is 5.79. The van der Waals surface area contributed by atoms with Crippen LogP contribution >= 0.6 is 22.9 Å². The van der Waals surface area contributed by atoms with Gasteiger partial charge in [0.05, 0.1) is 10.6 Å². The van der Waals surface area contributed by atoms with E-state index in [4.69, 9.17) is 21.9 Å². The molecule has 2 heterocycles. The highest BCUT2D eigenvalue weighted by Crippen LogP contribution is 2.40. The number of rotatable bonds is 2. The minimum absolute atomic E-state index is 0.0381. The molecule has 0 aliphatic carbocycles. The maximum absolute atomic E-state index is 14.1. The first-order valence-electron chi connectivity index (χ1n) is 5.42. The Hall–Kier alpha value is -1.85. The van der Waals surface area contributed by atoms with E-state index in [0.717, 1.165) is 4.88 Å². The molecule has 0 spiro atoms. The lowest BCUT2D eigenvalue weighted by Crippen LogP contribution is -1.89. The van der Waals surface area contributed by atoms with Crippen molar-refractivity contribution in [3.05, 3.63) is 46.6 Å². The molecule has 2 N–H and O–H groups in total. The zero-order valence-electron chi connectivity index (χ0n) is 9.56. The summed E-state index contributed by atoms with van der Waals surface area (Å²) in [5.41, 5.74) is 7.01. The first-order chi connectivity index (χ1) is 9.18. The predicted octanol–water partition coefficient (Wildman–Crippen LogP) is 4.44. The second-order valence-corrected chi connectivity index (χ2v) is 5.20. The van der Waals surface area contributed by atoms with Gasteiger partial charge in [-0.3, -0.25) is 0 Å². The van der Waals surface area contributed by atoms with Crippen molar-refractivity contribution in [2.24, 2.45) is 0 Å². The zero-order chi connectivity index (χ0) is 13.4. The third-order valence-electron chi connectivity index (χ3n) is 2.69. The van der Waals surface area contributed by atoms with Crippen molar-refractivity contribution >= 4 is 28.8 Å². The van der Waals surface area contributed by atoms with Gasteiger partial charge in [0.15, 0.2) is 5.82 Å². The summed E-state index contributed by atoms with van der Waals surface area (Å²) in [6, 6.07) is 8.48. The van der Waals surface area contributed by atoms with E-state index in [1.807, 2.05) is 17.5 Å².